The van der Waals surface area contributed by atoms with Gasteiger partial charge in [-0.15, -0.1) is 0 Å². The molecule has 1 fully saturated rings. The second kappa shape index (κ2) is 3.51. The number of Topliss-reactive ketones (excluding diaryl/α,β-unsaturated/α-hetero) is 1. The van der Waals surface area contributed by atoms with Gasteiger partial charge < -0.3 is 0 Å². The van der Waals surface area contributed by atoms with Crippen LogP contribution in [0.1, 0.15) is 32.6 Å². The molecular formula is C8H13BrO. The lowest BCUT2D eigenvalue weighted by Crippen LogP contribution is -2.27. The fourth-order valence-corrected chi connectivity index (χ4v) is 2.54. The second-order valence-corrected chi connectivity index (χ2v) is 4.07. The van der Waals surface area contributed by atoms with Crippen molar-refractivity contribution in [2.24, 2.45) is 5.92 Å². The molecule has 0 aromatic rings. The van der Waals surface area contributed by atoms with Gasteiger partial charge in [0.25, 0.3) is 0 Å². The molecular weight excluding hydrogens is 192 g/mol. The Hall–Kier alpha value is 0.150. The van der Waals surface area contributed by atoms with Crippen molar-refractivity contribution >= 4 is 21.7 Å². The first-order valence-electron chi connectivity index (χ1n) is 3.92. The highest BCUT2D eigenvalue weighted by Crippen LogP contribution is 2.29. The Morgan fingerprint density at radius 2 is 2.40 bits per heavy atom. The molecule has 2 heteroatoms. The minimum Gasteiger partial charge on any atom is -0.299 e. The quantitative estimate of drug-likeness (QED) is 0.601. The highest BCUT2D eigenvalue weighted by molar-refractivity contribution is 9.09. The second-order valence-electron chi connectivity index (χ2n) is 2.89. The first kappa shape index (κ1) is 8.25. The van der Waals surface area contributed by atoms with E-state index in [4.69, 9.17) is 0 Å². The summed E-state index contributed by atoms with van der Waals surface area (Å²) in [7, 11) is 0. The molecule has 1 aliphatic rings. The van der Waals surface area contributed by atoms with Crippen LogP contribution in [0.4, 0.5) is 0 Å². The summed E-state index contributed by atoms with van der Waals surface area (Å²) in [6, 6.07) is 0. The Balaban J connectivity index is 2.53. The van der Waals surface area contributed by atoms with Crippen LogP contribution in [0.5, 0.6) is 0 Å². The summed E-state index contributed by atoms with van der Waals surface area (Å²) < 4.78 is 0. The van der Waals surface area contributed by atoms with Crippen LogP contribution in [0.3, 0.4) is 0 Å². The SMILES string of the molecule is CCC1C(=O)CCCC1Br. The minimum absolute atomic E-state index is 0.300. The van der Waals surface area contributed by atoms with Crippen molar-refractivity contribution < 1.29 is 4.79 Å². The topological polar surface area (TPSA) is 17.1 Å². The van der Waals surface area contributed by atoms with Gasteiger partial charge in [0, 0.05) is 17.2 Å². The molecule has 1 rings (SSSR count). The largest absolute Gasteiger partial charge is 0.299 e. The molecule has 1 nitrogen and oxygen atoms in total. The van der Waals surface area contributed by atoms with Gasteiger partial charge in [0.2, 0.25) is 0 Å². The van der Waals surface area contributed by atoms with Crippen molar-refractivity contribution in [3.05, 3.63) is 0 Å². The van der Waals surface area contributed by atoms with Gasteiger partial charge in [0.15, 0.2) is 0 Å². The number of alkyl halides is 1. The van der Waals surface area contributed by atoms with Crippen molar-refractivity contribution in [2.75, 3.05) is 0 Å². The highest BCUT2D eigenvalue weighted by atomic mass is 79.9. The van der Waals surface area contributed by atoms with Crippen molar-refractivity contribution in [3.8, 4) is 0 Å². The van der Waals surface area contributed by atoms with Crippen molar-refractivity contribution in [3.63, 3.8) is 0 Å². The summed E-state index contributed by atoms with van der Waals surface area (Å²) in [6.07, 6.45) is 4.05. The third-order valence-corrected chi connectivity index (χ3v) is 3.29. The summed E-state index contributed by atoms with van der Waals surface area (Å²) in [5.74, 6) is 0.754. The van der Waals surface area contributed by atoms with E-state index in [1.54, 1.807) is 0 Å². The van der Waals surface area contributed by atoms with Crippen LogP contribution < -0.4 is 0 Å². The molecule has 58 valence electrons. The maximum atomic E-state index is 11.2. The number of ketones is 1. The molecule has 0 aromatic carbocycles. The molecule has 0 aliphatic heterocycles. The van der Waals surface area contributed by atoms with Crippen molar-refractivity contribution in [1.29, 1.82) is 0 Å². The van der Waals surface area contributed by atoms with Gasteiger partial charge in [0.05, 0.1) is 0 Å². The van der Waals surface area contributed by atoms with E-state index in [0.717, 1.165) is 19.3 Å². The molecule has 0 aromatic heterocycles. The molecule has 10 heavy (non-hydrogen) atoms. The number of carbonyl (C=O) groups is 1. The Kier molecular flexibility index (Phi) is 2.90. The standard InChI is InChI=1S/C8H13BrO/c1-2-6-7(9)4-3-5-8(6)10/h6-7H,2-5H2,1H3. The van der Waals surface area contributed by atoms with Gasteiger partial charge in [-0.2, -0.15) is 0 Å². The molecule has 0 saturated heterocycles. The molecule has 1 aliphatic carbocycles. The summed E-state index contributed by atoms with van der Waals surface area (Å²) in [6.45, 7) is 2.09. The maximum absolute atomic E-state index is 11.2. The number of halogens is 1. The smallest absolute Gasteiger partial charge is 0.137 e. The zero-order valence-corrected chi connectivity index (χ0v) is 7.86. The molecule has 2 atom stereocenters. The van der Waals surface area contributed by atoms with Crippen LogP contribution in [0.2, 0.25) is 0 Å². The summed E-state index contributed by atoms with van der Waals surface area (Å²) in [5, 5.41) is 0. The Labute approximate surface area is 70.3 Å². The van der Waals surface area contributed by atoms with Crippen LogP contribution in [0.25, 0.3) is 0 Å². The molecule has 1 saturated carbocycles. The van der Waals surface area contributed by atoms with Gasteiger partial charge in [0.1, 0.15) is 5.78 Å². The first-order chi connectivity index (χ1) is 4.75. The fourth-order valence-electron chi connectivity index (χ4n) is 1.54. The van der Waals surface area contributed by atoms with Crippen LogP contribution >= 0.6 is 15.9 Å². The fraction of sp³-hybridized carbons (Fsp3) is 0.875. The van der Waals surface area contributed by atoms with Crippen LogP contribution in [0, 0.1) is 5.92 Å². The number of rotatable bonds is 1. The Morgan fingerprint density at radius 3 is 2.80 bits per heavy atom. The van der Waals surface area contributed by atoms with Crippen molar-refractivity contribution in [2.45, 2.75) is 37.4 Å². The zero-order valence-electron chi connectivity index (χ0n) is 6.27. The van der Waals surface area contributed by atoms with Gasteiger partial charge in [-0.1, -0.05) is 22.9 Å². The lowest BCUT2D eigenvalue weighted by Gasteiger charge is -2.24. The zero-order chi connectivity index (χ0) is 7.56. The van der Waals surface area contributed by atoms with E-state index >= 15 is 0 Å². The van der Waals surface area contributed by atoms with E-state index in [-0.39, 0.29) is 0 Å². The van der Waals surface area contributed by atoms with E-state index in [2.05, 4.69) is 22.9 Å². The predicted octanol–water partition coefficient (Wildman–Crippen LogP) is 2.53. The molecule has 2 unspecified atom stereocenters. The average Bonchev–Trinajstić information content (AvgIpc) is 1.88. The Bertz CT molecular complexity index is 133. The van der Waals surface area contributed by atoms with Crippen molar-refractivity contribution in [1.82, 2.24) is 0 Å². The normalized spacial score (nSPS) is 34.4. The third kappa shape index (κ3) is 1.60. The molecule has 0 N–H and O–H groups in total. The van der Waals surface area contributed by atoms with E-state index in [1.165, 1.54) is 6.42 Å². The third-order valence-electron chi connectivity index (χ3n) is 2.19. The highest BCUT2D eigenvalue weighted by Gasteiger charge is 2.27. The number of hydrogen-bond donors (Lipinski definition) is 0. The number of carbonyl (C=O) groups excluding carboxylic acids is 1. The van der Waals surface area contributed by atoms with Gasteiger partial charge >= 0.3 is 0 Å². The van der Waals surface area contributed by atoms with Gasteiger partial charge in [-0.05, 0) is 19.3 Å². The van der Waals surface area contributed by atoms with Crippen LogP contribution in [-0.4, -0.2) is 10.6 Å². The number of hydrogen-bond acceptors (Lipinski definition) is 1. The maximum Gasteiger partial charge on any atom is 0.137 e. The van der Waals surface area contributed by atoms with E-state index in [9.17, 15) is 4.79 Å². The molecule has 0 spiro atoms. The molecule has 0 bridgehead atoms. The van der Waals surface area contributed by atoms with E-state index in [1.807, 2.05) is 0 Å². The lowest BCUT2D eigenvalue weighted by molar-refractivity contribution is -0.124. The van der Waals surface area contributed by atoms with Gasteiger partial charge in [-0.3, -0.25) is 4.79 Å². The molecule has 0 radical (unpaired) electrons. The monoisotopic (exact) mass is 204 g/mol. The van der Waals surface area contributed by atoms with Crippen LogP contribution in [0.15, 0.2) is 0 Å². The summed E-state index contributed by atoms with van der Waals surface area (Å²) in [5.41, 5.74) is 0. The van der Waals surface area contributed by atoms with E-state index < -0.39 is 0 Å². The average molecular weight is 205 g/mol. The predicted molar refractivity (Wildman–Crippen MR) is 45.4 cm³/mol. The minimum atomic E-state index is 0.300. The molecule has 0 amide bonds. The lowest BCUT2D eigenvalue weighted by atomic mass is 9.86. The van der Waals surface area contributed by atoms with Crippen LogP contribution in [-0.2, 0) is 4.79 Å². The Morgan fingerprint density at radius 1 is 1.70 bits per heavy atom. The first-order valence-corrected chi connectivity index (χ1v) is 4.84. The van der Waals surface area contributed by atoms with Gasteiger partial charge in [-0.25, -0.2) is 0 Å². The molecule has 0 heterocycles. The van der Waals surface area contributed by atoms with E-state index in [0.29, 0.717) is 16.5 Å². The summed E-state index contributed by atoms with van der Waals surface area (Å²) in [4.78, 5) is 11.7. The summed E-state index contributed by atoms with van der Waals surface area (Å²) >= 11 is 3.53.